The molecule has 2 aromatic rings. The number of para-hydroxylation sites is 1. The van der Waals surface area contributed by atoms with Gasteiger partial charge in [-0.2, -0.15) is 0 Å². The molecule has 1 aliphatic heterocycles. The number of carbonyl (C=O) groups is 1. The number of rotatable bonds is 5. The van der Waals surface area contributed by atoms with Crippen LogP contribution in [0.5, 0.6) is 17.2 Å². The normalized spacial score (nSPS) is 16.9. The van der Waals surface area contributed by atoms with Crippen LogP contribution in [0.3, 0.4) is 0 Å². The Hall–Kier alpha value is -2.47. The summed E-state index contributed by atoms with van der Waals surface area (Å²) in [7, 11) is 3.08. The van der Waals surface area contributed by atoms with Gasteiger partial charge in [0.2, 0.25) is 0 Å². The van der Waals surface area contributed by atoms with Gasteiger partial charge in [-0.05, 0) is 25.0 Å². The Morgan fingerprint density at radius 2 is 2.08 bits per heavy atom. The van der Waals surface area contributed by atoms with Crippen molar-refractivity contribution in [3.05, 3.63) is 47.2 Å². The summed E-state index contributed by atoms with van der Waals surface area (Å²) in [6.07, 6.45) is 4.77. The van der Waals surface area contributed by atoms with Gasteiger partial charge < -0.3 is 19.1 Å². The SMILES string of the molecule is COc1cccc(C(=O)N2CCCC(Oc3ccncc3Cl)C2)c1OC. The molecule has 1 aliphatic rings. The van der Waals surface area contributed by atoms with Gasteiger partial charge in [0.25, 0.3) is 5.91 Å². The van der Waals surface area contributed by atoms with Gasteiger partial charge in [0, 0.05) is 25.0 Å². The molecule has 0 bridgehead atoms. The lowest BCUT2D eigenvalue weighted by molar-refractivity contribution is 0.0534. The van der Waals surface area contributed by atoms with Crippen LogP contribution in [0, 0.1) is 0 Å². The van der Waals surface area contributed by atoms with E-state index in [9.17, 15) is 4.79 Å². The van der Waals surface area contributed by atoms with E-state index in [1.165, 1.54) is 7.11 Å². The Labute approximate surface area is 157 Å². The van der Waals surface area contributed by atoms with Crippen molar-refractivity contribution < 1.29 is 19.0 Å². The molecule has 1 saturated heterocycles. The van der Waals surface area contributed by atoms with Gasteiger partial charge in [-0.1, -0.05) is 17.7 Å². The fraction of sp³-hybridized carbons (Fsp3) is 0.368. The largest absolute Gasteiger partial charge is 0.493 e. The molecule has 0 N–H and O–H groups in total. The van der Waals surface area contributed by atoms with E-state index in [4.69, 9.17) is 25.8 Å². The summed E-state index contributed by atoms with van der Waals surface area (Å²) in [6, 6.07) is 7.02. The summed E-state index contributed by atoms with van der Waals surface area (Å²) in [6.45, 7) is 1.15. The molecular weight excluding hydrogens is 356 g/mol. The van der Waals surface area contributed by atoms with E-state index in [0.717, 1.165) is 12.8 Å². The third-order valence-electron chi connectivity index (χ3n) is 4.33. The fourth-order valence-corrected chi connectivity index (χ4v) is 3.25. The van der Waals surface area contributed by atoms with Crippen molar-refractivity contribution in [3.63, 3.8) is 0 Å². The van der Waals surface area contributed by atoms with Crippen LogP contribution in [-0.2, 0) is 0 Å². The first kappa shape index (κ1) is 18.3. The number of amides is 1. The Kier molecular flexibility index (Phi) is 5.83. The van der Waals surface area contributed by atoms with Crippen LogP contribution in [0.15, 0.2) is 36.7 Å². The Bertz CT molecular complexity index is 784. The molecule has 0 spiro atoms. The topological polar surface area (TPSA) is 60.9 Å². The van der Waals surface area contributed by atoms with Crippen molar-refractivity contribution in [3.8, 4) is 17.2 Å². The highest BCUT2D eigenvalue weighted by atomic mass is 35.5. The summed E-state index contributed by atoms with van der Waals surface area (Å²) in [4.78, 5) is 18.7. The van der Waals surface area contributed by atoms with Crippen LogP contribution in [0.4, 0.5) is 0 Å². The summed E-state index contributed by atoms with van der Waals surface area (Å²) >= 11 is 6.11. The summed E-state index contributed by atoms with van der Waals surface area (Å²) in [5.41, 5.74) is 0.481. The molecule has 0 aliphatic carbocycles. The Morgan fingerprint density at radius 1 is 1.23 bits per heavy atom. The zero-order chi connectivity index (χ0) is 18.5. The number of piperidine rings is 1. The Balaban J connectivity index is 1.75. The number of ether oxygens (including phenoxy) is 3. The third-order valence-corrected chi connectivity index (χ3v) is 4.61. The van der Waals surface area contributed by atoms with Crippen molar-refractivity contribution in [1.29, 1.82) is 0 Å². The summed E-state index contributed by atoms with van der Waals surface area (Å²) in [5, 5.41) is 0.463. The van der Waals surface area contributed by atoms with Crippen molar-refractivity contribution in [2.75, 3.05) is 27.3 Å². The number of hydrogen-bond donors (Lipinski definition) is 0. The highest BCUT2D eigenvalue weighted by Gasteiger charge is 2.28. The second kappa shape index (κ2) is 8.27. The van der Waals surface area contributed by atoms with Gasteiger partial charge in [-0.15, -0.1) is 0 Å². The molecule has 7 heteroatoms. The lowest BCUT2D eigenvalue weighted by Crippen LogP contribution is -2.44. The van der Waals surface area contributed by atoms with Crippen LogP contribution >= 0.6 is 11.6 Å². The zero-order valence-electron chi connectivity index (χ0n) is 14.8. The van der Waals surface area contributed by atoms with E-state index in [-0.39, 0.29) is 12.0 Å². The van der Waals surface area contributed by atoms with Crippen molar-refractivity contribution in [2.45, 2.75) is 18.9 Å². The predicted octanol–water partition coefficient (Wildman–Crippen LogP) is 3.44. The monoisotopic (exact) mass is 376 g/mol. The third kappa shape index (κ3) is 3.85. The van der Waals surface area contributed by atoms with Crippen LogP contribution in [0.25, 0.3) is 0 Å². The van der Waals surface area contributed by atoms with Crippen LogP contribution in [0.1, 0.15) is 23.2 Å². The lowest BCUT2D eigenvalue weighted by Gasteiger charge is -2.33. The number of halogens is 1. The van der Waals surface area contributed by atoms with Crippen molar-refractivity contribution >= 4 is 17.5 Å². The minimum absolute atomic E-state index is 0.102. The highest BCUT2D eigenvalue weighted by Crippen LogP contribution is 2.32. The quantitative estimate of drug-likeness (QED) is 0.800. The minimum atomic E-state index is -0.121. The van der Waals surface area contributed by atoms with E-state index < -0.39 is 0 Å². The van der Waals surface area contributed by atoms with Crippen LogP contribution < -0.4 is 14.2 Å². The van der Waals surface area contributed by atoms with Crippen molar-refractivity contribution in [2.24, 2.45) is 0 Å². The maximum Gasteiger partial charge on any atom is 0.257 e. The van der Waals surface area contributed by atoms with Gasteiger partial charge in [-0.3, -0.25) is 9.78 Å². The molecule has 0 saturated carbocycles. The molecule has 1 fully saturated rings. The number of carbonyl (C=O) groups excluding carboxylic acids is 1. The van der Waals surface area contributed by atoms with Crippen molar-refractivity contribution in [1.82, 2.24) is 9.88 Å². The minimum Gasteiger partial charge on any atom is -0.493 e. The summed E-state index contributed by atoms with van der Waals surface area (Å²) in [5.74, 6) is 1.46. The highest BCUT2D eigenvalue weighted by molar-refractivity contribution is 6.31. The van der Waals surface area contributed by atoms with E-state index in [1.54, 1.807) is 48.7 Å². The number of likely N-dealkylation sites (tertiary alicyclic amines) is 1. The number of aromatic nitrogens is 1. The van der Waals surface area contributed by atoms with E-state index in [2.05, 4.69) is 4.98 Å². The summed E-state index contributed by atoms with van der Waals surface area (Å²) < 4.78 is 16.7. The molecule has 1 aromatic heterocycles. The average Bonchev–Trinajstić information content (AvgIpc) is 2.68. The smallest absolute Gasteiger partial charge is 0.257 e. The molecule has 1 amide bonds. The molecule has 1 unspecified atom stereocenters. The first-order valence-corrected chi connectivity index (χ1v) is 8.78. The van der Waals surface area contributed by atoms with Gasteiger partial charge in [-0.25, -0.2) is 0 Å². The van der Waals surface area contributed by atoms with E-state index in [0.29, 0.717) is 40.9 Å². The maximum atomic E-state index is 13.0. The zero-order valence-corrected chi connectivity index (χ0v) is 15.5. The first-order valence-electron chi connectivity index (χ1n) is 8.40. The van der Waals surface area contributed by atoms with E-state index in [1.807, 2.05) is 0 Å². The molecule has 3 rings (SSSR count). The van der Waals surface area contributed by atoms with E-state index >= 15 is 0 Å². The number of benzene rings is 1. The predicted molar refractivity (Wildman–Crippen MR) is 98.3 cm³/mol. The molecule has 1 atom stereocenters. The van der Waals surface area contributed by atoms with Gasteiger partial charge >= 0.3 is 0 Å². The lowest BCUT2D eigenvalue weighted by atomic mass is 10.1. The van der Waals surface area contributed by atoms with Gasteiger partial charge in [0.15, 0.2) is 11.5 Å². The second-order valence-electron chi connectivity index (χ2n) is 5.98. The fourth-order valence-electron chi connectivity index (χ4n) is 3.08. The molecule has 26 heavy (non-hydrogen) atoms. The number of methoxy groups -OCH3 is 2. The first-order chi connectivity index (χ1) is 12.6. The van der Waals surface area contributed by atoms with Crippen LogP contribution in [0.2, 0.25) is 5.02 Å². The molecule has 138 valence electrons. The molecular formula is C19H21ClN2O4. The van der Waals surface area contributed by atoms with Gasteiger partial charge in [0.05, 0.1) is 26.3 Å². The standard InChI is InChI=1S/C19H21ClN2O4/c1-24-17-7-3-6-14(18(17)25-2)19(23)22-10-4-5-13(12-22)26-16-8-9-21-11-15(16)20/h3,6-9,11,13H,4-5,10,12H2,1-2H3. The maximum absolute atomic E-state index is 13.0. The number of nitrogens with zero attached hydrogens (tertiary/aromatic N) is 2. The molecule has 2 heterocycles. The second-order valence-corrected chi connectivity index (χ2v) is 6.39. The molecule has 6 nitrogen and oxygen atoms in total. The molecule has 1 aromatic carbocycles. The number of pyridine rings is 1. The average molecular weight is 377 g/mol. The molecule has 0 radical (unpaired) electrons. The van der Waals surface area contributed by atoms with Crippen LogP contribution in [-0.4, -0.2) is 49.2 Å². The number of hydrogen-bond acceptors (Lipinski definition) is 5. The van der Waals surface area contributed by atoms with Gasteiger partial charge in [0.1, 0.15) is 16.9 Å². The Morgan fingerprint density at radius 3 is 2.81 bits per heavy atom.